The summed E-state index contributed by atoms with van der Waals surface area (Å²) in [5, 5.41) is 3.24. The molecule has 2 rings (SSSR count). The Morgan fingerprint density at radius 3 is 2.90 bits per heavy atom. The van der Waals surface area contributed by atoms with Crippen molar-refractivity contribution in [1.29, 1.82) is 0 Å². The molecule has 2 atom stereocenters. The Morgan fingerprint density at radius 2 is 2.30 bits per heavy atom. The van der Waals surface area contributed by atoms with Gasteiger partial charge in [-0.3, -0.25) is 11.2 Å². The van der Waals surface area contributed by atoms with E-state index >= 15 is 0 Å². The minimum absolute atomic E-state index is 0.251. The first-order valence-electron chi connectivity index (χ1n) is 6.72. The van der Waals surface area contributed by atoms with Crippen LogP contribution in [0.25, 0.3) is 0 Å². The second-order valence-electron chi connectivity index (χ2n) is 4.85. The van der Waals surface area contributed by atoms with E-state index in [-0.39, 0.29) is 18.0 Å². The average Bonchev–Trinajstić information content (AvgIpc) is 2.89. The van der Waals surface area contributed by atoms with Crippen LogP contribution >= 0.6 is 0 Å². The molecule has 110 valence electrons. The van der Waals surface area contributed by atoms with Crippen LogP contribution in [0.15, 0.2) is 30.0 Å². The quantitative estimate of drug-likeness (QED) is 0.360. The molecule has 5 N–H and O–H groups in total. The van der Waals surface area contributed by atoms with E-state index < -0.39 is 0 Å². The van der Waals surface area contributed by atoms with Gasteiger partial charge in [0.2, 0.25) is 0 Å². The normalized spacial score (nSPS) is 19.6. The Balaban J connectivity index is 1.99. The van der Waals surface area contributed by atoms with Crippen molar-refractivity contribution >= 4 is 0 Å². The van der Waals surface area contributed by atoms with Crippen LogP contribution in [0.1, 0.15) is 30.6 Å². The zero-order valence-electron chi connectivity index (χ0n) is 11.7. The van der Waals surface area contributed by atoms with Crippen LogP contribution in [0.5, 0.6) is 0 Å². The molecule has 1 aliphatic heterocycles. The number of rotatable bonds is 6. The smallest absolute Gasteiger partial charge is 0.135 e. The third kappa shape index (κ3) is 3.55. The average molecular weight is 280 g/mol. The summed E-state index contributed by atoms with van der Waals surface area (Å²) >= 11 is 0. The predicted octanol–water partition coefficient (Wildman–Crippen LogP) is 1.38. The van der Waals surface area contributed by atoms with Crippen LogP contribution < -0.4 is 22.1 Å². The molecule has 6 heteroatoms. The van der Waals surface area contributed by atoms with E-state index in [9.17, 15) is 4.39 Å². The molecule has 0 aromatic heterocycles. The zero-order valence-corrected chi connectivity index (χ0v) is 11.7. The van der Waals surface area contributed by atoms with Gasteiger partial charge in [-0.2, -0.15) is 5.48 Å². The largest absolute Gasteiger partial charge is 0.412 e. The van der Waals surface area contributed by atoms with Crippen LogP contribution in [-0.4, -0.2) is 12.6 Å². The van der Waals surface area contributed by atoms with Crippen molar-refractivity contribution in [1.82, 2.24) is 16.2 Å². The number of benzene rings is 1. The fourth-order valence-electron chi connectivity index (χ4n) is 2.16. The van der Waals surface area contributed by atoms with Crippen LogP contribution in [0, 0.1) is 12.7 Å². The van der Waals surface area contributed by atoms with E-state index in [1.54, 1.807) is 6.07 Å². The van der Waals surface area contributed by atoms with E-state index in [4.69, 9.17) is 10.7 Å². The Labute approximate surface area is 118 Å². The van der Waals surface area contributed by atoms with Crippen molar-refractivity contribution < 1.29 is 9.23 Å². The molecule has 1 aliphatic rings. The summed E-state index contributed by atoms with van der Waals surface area (Å²) in [7, 11) is 0. The van der Waals surface area contributed by atoms with Gasteiger partial charge in [0.1, 0.15) is 11.6 Å². The lowest BCUT2D eigenvalue weighted by Crippen LogP contribution is -2.39. The van der Waals surface area contributed by atoms with Crippen molar-refractivity contribution in [3.63, 3.8) is 0 Å². The van der Waals surface area contributed by atoms with Crippen LogP contribution in [0.3, 0.4) is 0 Å². The SMILES string of the molecule is CCC1C=C(CNC(NN)c2ccc(F)cc2C)ON1. The maximum Gasteiger partial charge on any atom is 0.135 e. The van der Waals surface area contributed by atoms with Crippen molar-refractivity contribution in [2.45, 2.75) is 32.5 Å². The molecule has 1 heterocycles. The number of hydroxylamine groups is 1. The van der Waals surface area contributed by atoms with E-state index in [0.29, 0.717) is 6.54 Å². The summed E-state index contributed by atoms with van der Waals surface area (Å²) < 4.78 is 13.1. The maximum atomic E-state index is 13.1. The van der Waals surface area contributed by atoms with E-state index in [1.165, 1.54) is 12.1 Å². The highest BCUT2D eigenvalue weighted by molar-refractivity contribution is 5.29. The van der Waals surface area contributed by atoms with Gasteiger partial charge in [0, 0.05) is 0 Å². The van der Waals surface area contributed by atoms with Gasteiger partial charge in [-0.1, -0.05) is 13.0 Å². The highest BCUT2D eigenvalue weighted by atomic mass is 19.1. The first-order chi connectivity index (χ1) is 9.63. The Morgan fingerprint density at radius 1 is 1.50 bits per heavy atom. The summed E-state index contributed by atoms with van der Waals surface area (Å²) in [5.41, 5.74) is 7.36. The summed E-state index contributed by atoms with van der Waals surface area (Å²) in [6.45, 7) is 4.47. The molecule has 0 spiro atoms. The molecule has 5 nitrogen and oxygen atoms in total. The highest BCUT2D eigenvalue weighted by Crippen LogP contribution is 2.17. The van der Waals surface area contributed by atoms with Crippen molar-refractivity contribution in [3.05, 3.63) is 47.0 Å². The number of aryl methyl sites for hydroxylation is 1. The first kappa shape index (κ1) is 14.9. The van der Waals surface area contributed by atoms with Gasteiger partial charge in [0.15, 0.2) is 0 Å². The summed E-state index contributed by atoms with van der Waals surface area (Å²) in [6.07, 6.45) is 2.75. The Bertz CT molecular complexity index is 492. The molecule has 1 aromatic rings. The molecule has 0 saturated heterocycles. The molecular weight excluding hydrogens is 259 g/mol. The predicted molar refractivity (Wildman–Crippen MR) is 75.6 cm³/mol. The van der Waals surface area contributed by atoms with Gasteiger partial charge < -0.3 is 4.84 Å². The standard InChI is InChI=1S/C14H21FN4O/c1-3-11-7-12(20-19-11)8-17-14(18-16)13-5-4-10(15)6-9(13)2/h4-7,11,14,17-19H,3,8,16H2,1-2H3. The first-order valence-corrected chi connectivity index (χ1v) is 6.72. The second-order valence-corrected chi connectivity index (χ2v) is 4.85. The molecule has 0 radical (unpaired) electrons. The van der Waals surface area contributed by atoms with Gasteiger partial charge in [0.25, 0.3) is 0 Å². The topological polar surface area (TPSA) is 71.3 Å². The fourth-order valence-corrected chi connectivity index (χ4v) is 2.16. The van der Waals surface area contributed by atoms with Gasteiger partial charge in [-0.15, -0.1) is 0 Å². The summed E-state index contributed by atoms with van der Waals surface area (Å²) in [5.74, 6) is 6.15. The summed E-state index contributed by atoms with van der Waals surface area (Å²) in [4.78, 5) is 5.36. The van der Waals surface area contributed by atoms with E-state index in [0.717, 1.165) is 23.3 Å². The molecule has 0 saturated carbocycles. The van der Waals surface area contributed by atoms with Crippen LogP contribution in [-0.2, 0) is 4.84 Å². The number of hydrogen-bond donors (Lipinski definition) is 4. The molecule has 0 bridgehead atoms. The molecular formula is C14H21FN4O. The molecule has 0 amide bonds. The number of nitrogens with one attached hydrogen (secondary N) is 3. The highest BCUT2D eigenvalue weighted by Gasteiger charge is 2.17. The third-order valence-corrected chi connectivity index (χ3v) is 3.36. The van der Waals surface area contributed by atoms with Crippen molar-refractivity contribution in [2.75, 3.05) is 6.54 Å². The number of hydrogen-bond acceptors (Lipinski definition) is 5. The molecule has 1 aromatic carbocycles. The van der Waals surface area contributed by atoms with Crippen LogP contribution in [0.2, 0.25) is 0 Å². The van der Waals surface area contributed by atoms with Crippen molar-refractivity contribution in [3.8, 4) is 0 Å². The van der Waals surface area contributed by atoms with Crippen LogP contribution in [0.4, 0.5) is 4.39 Å². The second kappa shape index (κ2) is 6.81. The van der Waals surface area contributed by atoms with Gasteiger partial charge >= 0.3 is 0 Å². The number of nitrogens with two attached hydrogens (primary N) is 1. The lowest BCUT2D eigenvalue weighted by Gasteiger charge is -2.20. The molecule has 2 unspecified atom stereocenters. The lowest BCUT2D eigenvalue weighted by molar-refractivity contribution is 0.110. The number of halogens is 1. The van der Waals surface area contributed by atoms with Gasteiger partial charge in [-0.25, -0.2) is 9.82 Å². The fraction of sp³-hybridized carbons (Fsp3) is 0.429. The van der Waals surface area contributed by atoms with E-state index in [1.807, 2.05) is 13.0 Å². The Kier molecular flexibility index (Phi) is 5.08. The zero-order chi connectivity index (χ0) is 14.5. The third-order valence-electron chi connectivity index (χ3n) is 3.36. The minimum Gasteiger partial charge on any atom is -0.412 e. The lowest BCUT2D eigenvalue weighted by atomic mass is 10.1. The van der Waals surface area contributed by atoms with Crippen molar-refractivity contribution in [2.24, 2.45) is 5.84 Å². The minimum atomic E-state index is -0.263. The molecule has 20 heavy (non-hydrogen) atoms. The molecule has 0 aliphatic carbocycles. The van der Waals surface area contributed by atoms with Gasteiger partial charge in [-0.05, 0) is 42.7 Å². The monoisotopic (exact) mass is 280 g/mol. The van der Waals surface area contributed by atoms with E-state index in [2.05, 4.69) is 23.1 Å². The summed E-state index contributed by atoms with van der Waals surface area (Å²) in [6, 6.07) is 4.89. The number of hydrazine groups is 1. The van der Waals surface area contributed by atoms with Gasteiger partial charge in [0.05, 0.1) is 18.8 Å². The maximum absolute atomic E-state index is 13.1. The molecule has 0 fully saturated rings. The Hall–Kier alpha value is -1.47.